The molecular formula is C11H15N3O2. The standard InChI is InChI=1S/C6H7NO2.C5H8N2/c1-3-4-5-6(2)7(8)9;1-5-3-4-7(2)6-5/h3-5H,1-2H2;3-4H,1-2H3/b5-4-;. The van der Waals surface area contributed by atoms with Gasteiger partial charge in [-0.05, 0) is 19.6 Å². The summed E-state index contributed by atoms with van der Waals surface area (Å²) in [7, 11) is 1.91. The Balaban J connectivity index is 0.000000288. The fourth-order valence-electron chi connectivity index (χ4n) is 0.771. The van der Waals surface area contributed by atoms with Gasteiger partial charge in [-0.15, -0.1) is 0 Å². The Morgan fingerprint density at radius 3 is 2.56 bits per heavy atom. The molecule has 1 aromatic heterocycles. The fourth-order valence-corrected chi connectivity index (χ4v) is 0.771. The molecule has 0 spiro atoms. The highest BCUT2D eigenvalue weighted by molar-refractivity contribution is 5.11. The Hall–Kier alpha value is -2.17. The summed E-state index contributed by atoms with van der Waals surface area (Å²) in [5.41, 5.74) is 0.942. The maximum Gasteiger partial charge on any atom is 0.262 e. The lowest BCUT2D eigenvalue weighted by molar-refractivity contribution is -0.418. The maximum absolute atomic E-state index is 9.83. The minimum Gasteiger partial charge on any atom is -0.276 e. The lowest BCUT2D eigenvalue weighted by Crippen LogP contribution is -1.91. The van der Waals surface area contributed by atoms with E-state index in [1.807, 2.05) is 26.2 Å². The zero-order chi connectivity index (χ0) is 12.6. The van der Waals surface area contributed by atoms with E-state index in [9.17, 15) is 10.1 Å². The summed E-state index contributed by atoms with van der Waals surface area (Å²) in [6.45, 7) is 8.47. The molecule has 1 aromatic rings. The number of hydrogen-bond donors (Lipinski definition) is 0. The highest BCUT2D eigenvalue weighted by Gasteiger charge is 1.96. The zero-order valence-electron chi connectivity index (χ0n) is 9.46. The Labute approximate surface area is 94.5 Å². The van der Waals surface area contributed by atoms with E-state index >= 15 is 0 Å². The molecule has 5 nitrogen and oxygen atoms in total. The van der Waals surface area contributed by atoms with Crippen LogP contribution in [-0.4, -0.2) is 14.7 Å². The first-order valence-electron chi connectivity index (χ1n) is 4.56. The minimum absolute atomic E-state index is 0.130. The van der Waals surface area contributed by atoms with Crippen molar-refractivity contribution in [2.75, 3.05) is 0 Å². The third-order valence-electron chi connectivity index (χ3n) is 1.51. The van der Waals surface area contributed by atoms with Gasteiger partial charge in [0.05, 0.1) is 10.6 Å². The van der Waals surface area contributed by atoms with Crippen LogP contribution in [0.15, 0.2) is 49.3 Å². The molecule has 0 bridgehead atoms. The largest absolute Gasteiger partial charge is 0.276 e. The van der Waals surface area contributed by atoms with Crippen LogP contribution in [0.1, 0.15) is 5.69 Å². The van der Waals surface area contributed by atoms with Crippen molar-refractivity contribution in [3.05, 3.63) is 65.2 Å². The molecule has 0 aromatic carbocycles. The second kappa shape index (κ2) is 7.17. The van der Waals surface area contributed by atoms with Crippen molar-refractivity contribution in [3.63, 3.8) is 0 Å². The van der Waals surface area contributed by atoms with Crippen LogP contribution in [0.25, 0.3) is 0 Å². The van der Waals surface area contributed by atoms with Gasteiger partial charge in [-0.25, -0.2) is 0 Å². The van der Waals surface area contributed by atoms with Crippen LogP contribution < -0.4 is 0 Å². The summed E-state index contributed by atoms with van der Waals surface area (Å²) >= 11 is 0. The topological polar surface area (TPSA) is 61.0 Å². The molecule has 0 aliphatic rings. The number of rotatable bonds is 3. The van der Waals surface area contributed by atoms with E-state index in [-0.39, 0.29) is 5.70 Å². The van der Waals surface area contributed by atoms with Gasteiger partial charge in [0.15, 0.2) is 0 Å². The molecule has 1 heterocycles. The molecule has 0 saturated heterocycles. The van der Waals surface area contributed by atoms with Gasteiger partial charge in [0, 0.05) is 19.3 Å². The van der Waals surface area contributed by atoms with Gasteiger partial charge in [0.25, 0.3) is 5.70 Å². The van der Waals surface area contributed by atoms with E-state index in [4.69, 9.17) is 0 Å². The van der Waals surface area contributed by atoms with Gasteiger partial charge in [0.1, 0.15) is 0 Å². The van der Waals surface area contributed by atoms with Crippen molar-refractivity contribution in [2.24, 2.45) is 7.05 Å². The van der Waals surface area contributed by atoms with Gasteiger partial charge >= 0.3 is 0 Å². The number of nitrogens with zero attached hydrogens (tertiary/aromatic N) is 3. The molecule has 0 unspecified atom stereocenters. The van der Waals surface area contributed by atoms with E-state index < -0.39 is 4.92 Å². The summed E-state index contributed by atoms with van der Waals surface area (Å²) < 4.78 is 1.79. The second-order valence-corrected chi connectivity index (χ2v) is 2.97. The first-order valence-corrected chi connectivity index (χ1v) is 4.56. The first-order chi connectivity index (χ1) is 7.47. The predicted octanol–water partition coefficient (Wildman–Crippen LogP) is 2.25. The SMILES string of the molecule is C=C/C=C\C(=C)[N+](=O)[O-].Cc1ccn(C)n1. The summed E-state index contributed by atoms with van der Waals surface area (Å²) in [5.74, 6) is 0. The van der Waals surface area contributed by atoms with Crippen LogP contribution in [0.2, 0.25) is 0 Å². The van der Waals surface area contributed by atoms with E-state index in [0.717, 1.165) is 5.69 Å². The lowest BCUT2D eigenvalue weighted by atomic mass is 10.4. The molecule has 0 radical (unpaired) electrons. The molecule has 5 heteroatoms. The summed E-state index contributed by atoms with van der Waals surface area (Å²) in [5, 5.41) is 13.9. The van der Waals surface area contributed by atoms with Crippen molar-refractivity contribution >= 4 is 0 Å². The fraction of sp³-hybridized carbons (Fsp3) is 0.182. The van der Waals surface area contributed by atoms with Crippen molar-refractivity contribution < 1.29 is 4.92 Å². The third-order valence-corrected chi connectivity index (χ3v) is 1.51. The molecule has 0 fully saturated rings. The highest BCUT2D eigenvalue weighted by Crippen LogP contribution is 1.91. The molecule has 86 valence electrons. The molecule has 0 aliphatic carbocycles. The number of aryl methyl sites for hydroxylation is 2. The average Bonchev–Trinajstić information content (AvgIpc) is 2.59. The highest BCUT2D eigenvalue weighted by atomic mass is 16.6. The molecular weight excluding hydrogens is 206 g/mol. The van der Waals surface area contributed by atoms with Crippen molar-refractivity contribution in [1.29, 1.82) is 0 Å². The smallest absolute Gasteiger partial charge is 0.262 e. The van der Waals surface area contributed by atoms with E-state index in [2.05, 4.69) is 18.3 Å². The van der Waals surface area contributed by atoms with Crippen LogP contribution in [0.5, 0.6) is 0 Å². The number of hydrogen-bond acceptors (Lipinski definition) is 3. The van der Waals surface area contributed by atoms with Gasteiger partial charge in [-0.3, -0.25) is 14.8 Å². The van der Waals surface area contributed by atoms with Crippen LogP contribution in [0, 0.1) is 17.0 Å². The predicted molar refractivity (Wildman–Crippen MR) is 63.4 cm³/mol. The second-order valence-electron chi connectivity index (χ2n) is 2.97. The molecule has 0 N–H and O–H groups in total. The summed E-state index contributed by atoms with van der Waals surface area (Å²) in [4.78, 5) is 9.27. The van der Waals surface area contributed by atoms with Gasteiger partial charge in [-0.1, -0.05) is 18.7 Å². The number of nitro groups is 1. The Kier molecular flexibility index (Phi) is 6.19. The summed E-state index contributed by atoms with van der Waals surface area (Å²) in [6.07, 6.45) is 6.13. The van der Waals surface area contributed by atoms with E-state index in [1.165, 1.54) is 18.2 Å². The van der Waals surface area contributed by atoms with Gasteiger partial charge in [-0.2, -0.15) is 5.10 Å². The molecule has 0 aliphatic heterocycles. The van der Waals surface area contributed by atoms with E-state index in [1.54, 1.807) is 4.68 Å². The normalized spacial score (nSPS) is 9.38. The van der Waals surface area contributed by atoms with Crippen LogP contribution in [0.3, 0.4) is 0 Å². The average molecular weight is 221 g/mol. The monoisotopic (exact) mass is 221 g/mol. The third kappa shape index (κ3) is 6.31. The van der Waals surface area contributed by atoms with Crippen molar-refractivity contribution in [1.82, 2.24) is 9.78 Å². The van der Waals surface area contributed by atoms with E-state index in [0.29, 0.717) is 0 Å². The molecule has 0 amide bonds. The zero-order valence-corrected chi connectivity index (χ0v) is 9.46. The van der Waals surface area contributed by atoms with Crippen LogP contribution in [0.4, 0.5) is 0 Å². The Bertz CT molecular complexity index is 389. The van der Waals surface area contributed by atoms with Crippen LogP contribution in [-0.2, 0) is 7.05 Å². The molecule has 0 atom stereocenters. The lowest BCUT2D eigenvalue weighted by Gasteiger charge is -1.82. The maximum atomic E-state index is 9.83. The minimum atomic E-state index is -0.556. The first kappa shape index (κ1) is 13.8. The molecule has 0 saturated carbocycles. The Morgan fingerprint density at radius 1 is 1.69 bits per heavy atom. The summed E-state index contributed by atoms with van der Waals surface area (Å²) in [6, 6.07) is 1.97. The van der Waals surface area contributed by atoms with Crippen molar-refractivity contribution in [2.45, 2.75) is 6.92 Å². The van der Waals surface area contributed by atoms with Crippen LogP contribution >= 0.6 is 0 Å². The Morgan fingerprint density at radius 2 is 2.31 bits per heavy atom. The number of aromatic nitrogens is 2. The molecule has 1 rings (SSSR count). The number of allylic oxidation sites excluding steroid dienone is 3. The molecule has 16 heavy (non-hydrogen) atoms. The quantitative estimate of drug-likeness (QED) is 0.447. The van der Waals surface area contributed by atoms with Crippen molar-refractivity contribution in [3.8, 4) is 0 Å². The van der Waals surface area contributed by atoms with Gasteiger partial charge in [0.2, 0.25) is 0 Å². The van der Waals surface area contributed by atoms with Gasteiger partial charge < -0.3 is 0 Å².